The fourth-order valence-electron chi connectivity index (χ4n) is 1.98. The highest BCUT2D eigenvalue weighted by Gasteiger charge is 2.08. The van der Waals surface area contributed by atoms with Crippen molar-refractivity contribution in [3.05, 3.63) is 57.2 Å². The van der Waals surface area contributed by atoms with Crippen LogP contribution < -0.4 is 16.2 Å². The molecule has 0 radical (unpaired) electrons. The molecule has 25 heavy (non-hydrogen) atoms. The summed E-state index contributed by atoms with van der Waals surface area (Å²) >= 11 is 7.14. The fraction of sp³-hybridized carbons (Fsp3) is 0.235. The van der Waals surface area contributed by atoms with Gasteiger partial charge in [-0.05, 0) is 35.6 Å². The van der Waals surface area contributed by atoms with Crippen LogP contribution in [0.5, 0.6) is 0 Å². The van der Waals surface area contributed by atoms with Gasteiger partial charge in [-0.3, -0.25) is 25.2 Å². The molecule has 1 aromatic carbocycles. The first-order valence-electron chi connectivity index (χ1n) is 7.68. The van der Waals surface area contributed by atoms with Gasteiger partial charge in [0.05, 0.1) is 11.3 Å². The van der Waals surface area contributed by atoms with Gasteiger partial charge < -0.3 is 5.32 Å². The summed E-state index contributed by atoms with van der Waals surface area (Å²) in [7, 11) is 0. The highest BCUT2D eigenvalue weighted by atomic mass is 35.5. The van der Waals surface area contributed by atoms with Crippen molar-refractivity contribution in [1.29, 1.82) is 0 Å². The second-order valence-corrected chi connectivity index (χ2v) is 6.62. The fourth-order valence-corrected chi connectivity index (χ4v) is 2.75. The van der Waals surface area contributed by atoms with E-state index in [4.69, 9.17) is 11.6 Å². The average molecular weight is 380 g/mol. The lowest BCUT2D eigenvalue weighted by Gasteiger charge is -2.08. The number of hydrogen-bond donors (Lipinski definition) is 3. The number of halogens is 1. The van der Waals surface area contributed by atoms with E-state index < -0.39 is 0 Å². The van der Waals surface area contributed by atoms with Crippen molar-refractivity contribution in [3.63, 3.8) is 0 Å². The molecule has 0 aliphatic heterocycles. The van der Waals surface area contributed by atoms with Crippen LogP contribution in [-0.2, 0) is 16.0 Å². The maximum absolute atomic E-state index is 11.7. The first-order chi connectivity index (χ1) is 12.0. The Morgan fingerprint density at radius 1 is 1.00 bits per heavy atom. The van der Waals surface area contributed by atoms with Crippen LogP contribution in [0.2, 0.25) is 5.02 Å². The first kappa shape index (κ1) is 19.0. The SMILES string of the molecule is O=C(CCCNC(=O)c1cccs1)NNC(=O)Cc1ccc(Cl)cc1. The Balaban J connectivity index is 1.58. The van der Waals surface area contributed by atoms with Crippen molar-refractivity contribution < 1.29 is 14.4 Å². The van der Waals surface area contributed by atoms with E-state index in [1.807, 2.05) is 5.38 Å². The van der Waals surface area contributed by atoms with E-state index in [1.165, 1.54) is 11.3 Å². The summed E-state index contributed by atoms with van der Waals surface area (Å²) < 4.78 is 0. The van der Waals surface area contributed by atoms with Crippen LogP contribution >= 0.6 is 22.9 Å². The monoisotopic (exact) mass is 379 g/mol. The number of hydrogen-bond acceptors (Lipinski definition) is 4. The maximum Gasteiger partial charge on any atom is 0.261 e. The largest absolute Gasteiger partial charge is 0.351 e. The van der Waals surface area contributed by atoms with Crippen LogP contribution in [0.3, 0.4) is 0 Å². The molecule has 0 bridgehead atoms. The third kappa shape index (κ3) is 6.94. The van der Waals surface area contributed by atoms with Gasteiger partial charge in [0.2, 0.25) is 11.8 Å². The molecule has 6 nitrogen and oxygen atoms in total. The van der Waals surface area contributed by atoms with Crippen molar-refractivity contribution >= 4 is 40.7 Å². The molecule has 3 N–H and O–H groups in total. The van der Waals surface area contributed by atoms with E-state index in [1.54, 1.807) is 36.4 Å². The first-order valence-corrected chi connectivity index (χ1v) is 8.94. The van der Waals surface area contributed by atoms with Crippen molar-refractivity contribution in [2.24, 2.45) is 0 Å². The summed E-state index contributed by atoms with van der Waals surface area (Å²) in [4.78, 5) is 35.7. The predicted octanol–water partition coefficient (Wildman–Crippen LogP) is 2.30. The van der Waals surface area contributed by atoms with Gasteiger partial charge in [0.15, 0.2) is 0 Å². The zero-order valence-corrected chi connectivity index (χ0v) is 15.0. The van der Waals surface area contributed by atoms with Crippen LogP contribution in [-0.4, -0.2) is 24.3 Å². The minimum atomic E-state index is -0.318. The summed E-state index contributed by atoms with van der Waals surface area (Å²) in [5.74, 6) is -0.775. The molecular weight excluding hydrogens is 362 g/mol. The molecule has 0 spiro atoms. The summed E-state index contributed by atoms with van der Waals surface area (Å²) in [6, 6.07) is 10.4. The zero-order valence-electron chi connectivity index (χ0n) is 13.4. The third-order valence-electron chi connectivity index (χ3n) is 3.23. The number of rotatable bonds is 7. The molecule has 8 heteroatoms. The Labute approximate surface area is 154 Å². The summed E-state index contributed by atoms with van der Waals surface area (Å²) in [6.07, 6.45) is 0.830. The van der Waals surface area contributed by atoms with Crippen molar-refractivity contribution in [1.82, 2.24) is 16.2 Å². The second-order valence-electron chi connectivity index (χ2n) is 5.24. The molecule has 0 unspecified atom stereocenters. The number of carbonyl (C=O) groups is 3. The molecule has 2 aromatic rings. The normalized spacial score (nSPS) is 10.1. The van der Waals surface area contributed by atoms with Crippen LogP contribution in [0.1, 0.15) is 28.1 Å². The molecule has 0 aliphatic carbocycles. The van der Waals surface area contributed by atoms with Crippen molar-refractivity contribution in [2.45, 2.75) is 19.3 Å². The smallest absolute Gasteiger partial charge is 0.261 e. The van der Waals surface area contributed by atoms with Gasteiger partial charge in [-0.25, -0.2) is 0 Å². The highest BCUT2D eigenvalue weighted by Crippen LogP contribution is 2.09. The molecule has 0 saturated heterocycles. The Hall–Kier alpha value is -2.38. The van der Waals surface area contributed by atoms with Gasteiger partial charge in [-0.1, -0.05) is 29.8 Å². The number of hydrazine groups is 1. The van der Waals surface area contributed by atoms with Crippen LogP contribution in [0, 0.1) is 0 Å². The van der Waals surface area contributed by atoms with Crippen LogP contribution in [0.4, 0.5) is 0 Å². The molecule has 0 aliphatic rings. The molecule has 0 fully saturated rings. The maximum atomic E-state index is 11.7. The standard InChI is InChI=1S/C17H18ClN3O3S/c18-13-7-5-12(6-8-13)11-16(23)21-20-15(22)4-1-9-19-17(24)14-3-2-10-25-14/h2-3,5-8,10H,1,4,9,11H2,(H,19,24)(H,20,22)(H,21,23). The van der Waals surface area contributed by atoms with Gasteiger partial charge in [-0.15, -0.1) is 11.3 Å². The number of carbonyl (C=O) groups excluding carboxylic acids is 3. The number of amides is 3. The lowest BCUT2D eigenvalue weighted by molar-refractivity contribution is -0.128. The number of benzene rings is 1. The lowest BCUT2D eigenvalue weighted by atomic mass is 10.1. The van der Waals surface area contributed by atoms with Gasteiger partial charge >= 0.3 is 0 Å². The van der Waals surface area contributed by atoms with E-state index in [2.05, 4.69) is 16.2 Å². The molecule has 2 rings (SSSR count). The highest BCUT2D eigenvalue weighted by molar-refractivity contribution is 7.12. The van der Waals surface area contributed by atoms with Crippen LogP contribution in [0.25, 0.3) is 0 Å². The topological polar surface area (TPSA) is 87.3 Å². The lowest BCUT2D eigenvalue weighted by Crippen LogP contribution is -2.42. The van der Waals surface area contributed by atoms with E-state index in [0.29, 0.717) is 22.9 Å². The average Bonchev–Trinajstić information content (AvgIpc) is 3.13. The van der Waals surface area contributed by atoms with Gasteiger partial charge in [0.1, 0.15) is 0 Å². The molecule has 0 atom stereocenters. The Morgan fingerprint density at radius 2 is 1.72 bits per heavy atom. The molecule has 0 saturated carbocycles. The summed E-state index contributed by atoms with van der Waals surface area (Å²) in [5.41, 5.74) is 5.51. The molecule has 132 valence electrons. The summed E-state index contributed by atoms with van der Waals surface area (Å²) in [5, 5.41) is 5.16. The molecule has 3 amide bonds. The zero-order chi connectivity index (χ0) is 18.1. The van der Waals surface area contributed by atoms with Gasteiger partial charge in [0, 0.05) is 18.0 Å². The molecule has 1 aromatic heterocycles. The minimum absolute atomic E-state index is 0.147. The van der Waals surface area contributed by atoms with Crippen LogP contribution in [0.15, 0.2) is 41.8 Å². The Kier molecular flexibility index (Phi) is 7.43. The Bertz CT molecular complexity index is 717. The van der Waals surface area contributed by atoms with E-state index in [0.717, 1.165) is 5.56 Å². The molecule has 1 heterocycles. The molecular formula is C17H18ClN3O3S. The quantitative estimate of drug-likeness (QED) is 0.509. The predicted molar refractivity (Wildman–Crippen MR) is 97.3 cm³/mol. The van der Waals surface area contributed by atoms with Crippen molar-refractivity contribution in [3.8, 4) is 0 Å². The number of thiophene rings is 1. The minimum Gasteiger partial charge on any atom is -0.351 e. The number of nitrogens with one attached hydrogen (secondary N) is 3. The summed E-state index contributed by atoms with van der Waals surface area (Å²) in [6.45, 7) is 0.392. The van der Waals surface area contributed by atoms with E-state index in [9.17, 15) is 14.4 Å². The van der Waals surface area contributed by atoms with E-state index >= 15 is 0 Å². The Morgan fingerprint density at radius 3 is 2.40 bits per heavy atom. The third-order valence-corrected chi connectivity index (χ3v) is 4.35. The van der Waals surface area contributed by atoms with E-state index in [-0.39, 0.29) is 30.6 Å². The van der Waals surface area contributed by atoms with Gasteiger partial charge in [0.25, 0.3) is 5.91 Å². The van der Waals surface area contributed by atoms with Gasteiger partial charge in [-0.2, -0.15) is 0 Å². The van der Waals surface area contributed by atoms with Crippen molar-refractivity contribution in [2.75, 3.05) is 6.54 Å². The second kappa shape index (κ2) is 9.80.